The first-order valence-electron chi connectivity index (χ1n) is 17.1. The Bertz CT molecular complexity index is 1340. The van der Waals surface area contributed by atoms with Crippen molar-refractivity contribution in [2.24, 2.45) is 11.8 Å². The predicted molar refractivity (Wildman–Crippen MR) is 177 cm³/mol. The number of nitrogens with zero attached hydrogens (tertiary/aromatic N) is 3. The van der Waals surface area contributed by atoms with E-state index in [0.29, 0.717) is 51.1 Å². The molecule has 0 unspecified atom stereocenters. The maximum Gasteiger partial charge on any atom is 0.313 e. The molecule has 4 aliphatic rings. The van der Waals surface area contributed by atoms with Crippen LogP contribution in [0.15, 0.2) is 55.6 Å². The lowest BCUT2D eigenvalue weighted by Gasteiger charge is -2.39. The minimum atomic E-state index is -1.24. The van der Waals surface area contributed by atoms with E-state index in [1.807, 2.05) is 30.3 Å². The molecule has 0 aliphatic carbocycles. The van der Waals surface area contributed by atoms with Crippen molar-refractivity contribution < 1.29 is 38.5 Å². The molecule has 2 N–H and O–H groups in total. The van der Waals surface area contributed by atoms with Gasteiger partial charge in [-0.1, -0.05) is 42.5 Å². The molecule has 4 aliphatic heterocycles. The number of ether oxygens (including phenoxy) is 3. The van der Waals surface area contributed by atoms with Crippen molar-refractivity contribution in [3.63, 3.8) is 0 Å². The first-order chi connectivity index (χ1) is 23.2. The summed E-state index contributed by atoms with van der Waals surface area (Å²) in [6, 6.07) is 6.90. The number of allylic oxidation sites excluding steroid dienone is 1. The number of hydrogen-bond donors (Lipinski definition) is 2. The van der Waals surface area contributed by atoms with Crippen LogP contribution in [0.4, 0.5) is 0 Å². The number of carbonyl (C=O) groups excluding carboxylic acids is 4. The Morgan fingerprint density at radius 3 is 2.56 bits per heavy atom. The normalized spacial score (nSPS) is 28.3. The number of morpholine rings is 1. The number of rotatable bonds is 16. The lowest BCUT2D eigenvalue weighted by atomic mass is 9.70. The number of aliphatic hydroxyl groups is 1. The summed E-state index contributed by atoms with van der Waals surface area (Å²) in [5.41, 5.74) is -0.542. The SMILES string of the molecule is C=CCCC(=O)N[C@H](C)[C@@H](OC(=O)[C@@H]1[C@H]2C(=O)N([C@H](C)CO)[C@H](C(=O)N(CC=C)CCN3CCOCC3)[C@]23CC[C@H]1O3)c1ccccc1. The van der Waals surface area contributed by atoms with Crippen molar-refractivity contribution in [2.75, 3.05) is 52.5 Å². The van der Waals surface area contributed by atoms with Crippen LogP contribution in [0, 0.1) is 11.8 Å². The Morgan fingerprint density at radius 2 is 1.90 bits per heavy atom. The molecule has 262 valence electrons. The standard InChI is InChI=1S/C36H50N4O8/c1-5-7-13-28(42)37-25(4)31(26-11-9-8-10-12-26)47-35(45)29-27-14-15-36(48-27)30(29)33(43)40(24(3)23-41)32(36)34(44)39(16-6-2)18-17-38-19-21-46-22-20-38/h5-6,8-12,24-25,27,29-32,41H,1-2,7,13-23H2,3-4H3,(H,37,42)/t24-,25-,27-,29+,30+,31-,32-,36+/m1/s1. The van der Waals surface area contributed by atoms with Gasteiger partial charge in [0.15, 0.2) is 0 Å². The van der Waals surface area contributed by atoms with Crippen molar-refractivity contribution in [3.05, 3.63) is 61.2 Å². The van der Waals surface area contributed by atoms with Crippen LogP contribution in [-0.2, 0) is 33.4 Å². The average molecular weight is 667 g/mol. The van der Waals surface area contributed by atoms with E-state index in [1.165, 1.54) is 4.90 Å². The zero-order valence-corrected chi connectivity index (χ0v) is 28.1. The summed E-state index contributed by atoms with van der Waals surface area (Å²) in [6.45, 7) is 14.8. The van der Waals surface area contributed by atoms with E-state index >= 15 is 0 Å². The summed E-state index contributed by atoms with van der Waals surface area (Å²) in [5, 5.41) is 13.2. The topological polar surface area (TPSA) is 138 Å². The van der Waals surface area contributed by atoms with Crippen molar-refractivity contribution >= 4 is 23.7 Å². The number of fused-ring (bicyclic) bond motifs is 1. The molecule has 2 bridgehead atoms. The maximum absolute atomic E-state index is 14.5. The second-order valence-electron chi connectivity index (χ2n) is 13.3. The molecule has 4 heterocycles. The largest absolute Gasteiger partial charge is 0.455 e. The number of carbonyl (C=O) groups is 4. The summed E-state index contributed by atoms with van der Waals surface area (Å²) in [4.78, 5) is 61.1. The molecule has 4 fully saturated rings. The zero-order valence-electron chi connectivity index (χ0n) is 28.1. The zero-order chi connectivity index (χ0) is 34.4. The van der Waals surface area contributed by atoms with Crippen LogP contribution < -0.4 is 5.32 Å². The molecule has 8 atom stereocenters. The molecule has 1 aromatic rings. The van der Waals surface area contributed by atoms with Gasteiger partial charge in [0.05, 0.1) is 49.8 Å². The van der Waals surface area contributed by atoms with Gasteiger partial charge in [-0.15, -0.1) is 13.2 Å². The van der Waals surface area contributed by atoms with E-state index in [2.05, 4.69) is 23.4 Å². The predicted octanol–water partition coefficient (Wildman–Crippen LogP) is 1.84. The van der Waals surface area contributed by atoms with Gasteiger partial charge in [-0.2, -0.15) is 0 Å². The van der Waals surface area contributed by atoms with Gasteiger partial charge >= 0.3 is 5.97 Å². The van der Waals surface area contributed by atoms with Crippen LogP contribution in [0.25, 0.3) is 0 Å². The highest BCUT2D eigenvalue weighted by Gasteiger charge is 2.75. The van der Waals surface area contributed by atoms with E-state index in [0.717, 1.165) is 13.1 Å². The molecular weight excluding hydrogens is 616 g/mol. The Kier molecular flexibility index (Phi) is 11.7. The number of amides is 3. The van der Waals surface area contributed by atoms with E-state index in [-0.39, 0.29) is 31.4 Å². The summed E-state index contributed by atoms with van der Waals surface area (Å²) < 4.78 is 18.3. The number of hydrogen-bond acceptors (Lipinski definition) is 9. The molecule has 0 saturated carbocycles. The molecule has 0 radical (unpaired) electrons. The first-order valence-corrected chi connectivity index (χ1v) is 17.1. The molecule has 3 amide bonds. The lowest BCUT2D eigenvalue weighted by molar-refractivity contribution is -0.162. The number of likely N-dealkylation sites (tertiary alicyclic amines) is 1. The Balaban J connectivity index is 1.41. The molecule has 1 spiro atoms. The fourth-order valence-electron chi connectivity index (χ4n) is 7.85. The maximum atomic E-state index is 14.5. The fourth-order valence-corrected chi connectivity index (χ4v) is 7.85. The quantitative estimate of drug-likeness (QED) is 0.200. The molecule has 48 heavy (non-hydrogen) atoms. The third kappa shape index (κ3) is 7.08. The minimum absolute atomic E-state index is 0.194. The summed E-state index contributed by atoms with van der Waals surface area (Å²) >= 11 is 0. The van der Waals surface area contributed by atoms with Crippen molar-refractivity contribution in [1.29, 1.82) is 0 Å². The Labute approximate surface area is 283 Å². The monoisotopic (exact) mass is 666 g/mol. The van der Waals surface area contributed by atoms with E-state index < -0.39 is 59.6 Å². The number of benzene rings is 1. The molecule has 5 rings (SSSR count). The van der Waals surface area contributed by atoms with Crippen molar-refractivity contribution in [1.82, 2.24) is 20.0 Å². The van der Waals surface area contributed by atoms with Gasteiger partial charge in [-0.05, 0) is 38.7 Å². The van der Waals surface area contributed by atoms with Crippen LogP contribution in [0.5, 0.6) is 0 Å². The molecule has 1 aromatic carbocycles. The summed E-state index contributed by atoms with van der Waals surface area (Å²) in [5.74, 6) is -3.39. The Morgan fingerprint density at radius 1 is 1.17 bits per heavy atom. The van der Waals surface area contributed by atoms with E-state index in [4.69, 9.17) is 14.2 Å². The second-order valence-corrected chi connectivity index (χ2v) is 13.3. The number of nitrogens with one attached hydrogen (secondary N) is 1. The smallest absolute Gasteiger partial charge is 0.313 e. The van der Waals surface area contributed by atoms with Crippen LogP contribution >= 0.6 is 0 Å². The van der Waals surface area contributed by atoms with Crippen LogP contribution in [0.2, 0.25) is 0 Å². The fraction of sp³-hybridized carbons (Fsp3) is 0.611. The average Bonchev–Trinajstić information content (AvgIpc) is 3.75. The third-order valence-electron chi connectivity index (χ3n) is 10.2. The van der Waals surface area contributed by atoms with Gasteiger partial charge in [-0.25, -0.2) is 0 Å². The van der Waals surface area contributed by atoms with Crippen LogP contribution in [-0.4, -0.2) is 126 Å². The van der Waals surface area contributed by atoms with Crippen molar-refractivity contribution in [3.8, 4) is 0 Å². The minimum Gasteiger partial charge on any atom is -0.455 e. The summed E-state index contributed by atoms with van der Waals surface area (Å²) in [6.07, 6.45) is 3.57. The highest BCUT2D eigenvalue weighted by Crippen LogP contribution is 2.59. The number of aliphatic hydroxyl groups excluding tert-OH is 1. The van der Waals surface area contributed by atoms with E-state index in [9.17, 15) is 24.3 Å². The van der Waals surface area contributed by atoms with Gasteiger partial charge < -0.3 is 34.4 Å². The highest BCUT2D eigenvalue weighted by molar-refractivity contribution is 5.98. The molecule has 12 heteroatoms. The molecule has 12 nitrogen and oxygen atoms in total. The van der Waals surface area contributed by atoms with Crippen LogP contribution in [0.1, 0.15) is 51.2 Å². The first kappa shape index (κ1) is 35.7. The van der Waals surface area contributed by atoms with Gasteiger partial charge in [-0.3, -0.25) is 24.1 Å². The van der Waals surface area contributed by atoms with Crippen LogP contribution in [0.3, 0.4) is 0 Å². The Hall–Kier alpha value is -3.58. The number of esters is 1. The molecular formula is C36H50N4O8. The highest BCUT2D eigenvalue weighted by atomic mass is 16.6. The van der Waals surface area contributed by atoms with Gasteiger partial charge in [0.2, 0.25) is 17.7 Å². The summed E-state index contributed by atoms with van der Waals surface area (Å²) in [7, 11) is 0. The molecule has 0 aromatic heterocycles. The van der Waals surface area contributed by atoms with Gasteiger partial charge in [0, 0.05) is 39.1 Å². The second kappa shape index (κ2) is 15.8. The van der Waals surface area contributed by atoms with Gasteiger partial charge in [0.25, 0.3) is 0 Å². The van der Waals surface area contributed by atoms with E-state index in [1.54, 1.807) is 30.9 Å². The molecule has 4 saturated heterocycles. The third-order valence-corrected chi connectivity index (χ3v) is 10.2. The van der Waals surface area contributed by atoms with Crippen molar-refractivity contribution in [2.45, 2.75) is 75.5 Å². The van der Waals surface area contributed by atoms with Gasteiger partial charge in [0.1, 0.15) is 17.7 Å². The lowest BCUT2D eigenvalue weighted by Crippen LogP contribution is -2.59.